The van der Waals surface area contributed by atoms with E-state index in [4.69, 9.17) is 10.5 Å². The number of rotatable bonds is 6. The van der Waals surface area contributed by atoms with Gasteiger partial charge in [0.2, 0.25) is 0 Å². The summed E-state index contributed by atoms with van der Waals surface area (Å²) in [6, 6.07) is 12.0. The van der Waals surface area contributed by atoms with E-state index in [1.165, 1.54) is 0 Å². The van der Waals surface area contributed by atoms with Gasteiger partial charge in [0, 0.05) is 11.4 Å². The fourth-order valence-corrected chi connectivity index (χ4v) is 2.40. The molecule has 4 N–H and O–H groups in total. The first-order chi connectivity index (χ1) is 11.8. The Labute approximate surface area is 147 Å². The zero-order valence-corrected chi connectivity index (χ0v) is 14.6. The average molecular weight is 341 g/mol. The lowest BCUT2D eigenvalue weighted by atomic mass is 10.0. The summed E-state index contributed by atoms with van der Waals surface area (Å²) < 4.78 is 5.71. The van der Waals surface area contributed by atoms with E-state index in [1.807, 2.05) is 25.1 Å². The quantitative estimate of drug-likeness (QED) is 0.749. The zero-order chi connectivity index (χ0) is 18.4. The van der Waals surface area contributed by atoms with Crippen LogP contribution in [0, 0.1) is 6.92 Å². The molecule has 0 aliphatic heterocycles. The number of nitrogens with two attached hydrogens (primary N) is 1. The van der Waals surface area contributed by atoms with E-state index in [0.29, 0.717) is 23.0 Å². The Morgan fingerprint density at radius 1 is 1.08 bits per heavy atom. The lowest BCUT2D eigenvalue weighted by Gasteiger charge is -2.15. The molecule has 2 aromatic carbocycles. The van der Waals surface area contributed by atoms with Crippen molar-refractivity contribution in [1.29, 1.82) is 0 Å². The summed E-state index contributed by atoms with van der Waals surface area (Å²) >= 11 is 0. The van der Waals surface area contributed by atoms with Crippen molar-refractivity contribution < 1.29 is 14.3 Å². The molecule has 0 aromatic heterocycles. The molecule has 0 heterocycles. The second kappa shape index (κ2) is 8.19. The van der Waals surface area contributed by atoms with Crippen LogP contribution in [0.3, 0.4) is 0 Å². The van der Waals surface area contributed by atoms with Gasteiger partial charge >= 0.3 is 6.03 Å². The zero-order valence-electron chi connectivity index (χ0n) is 14.6. The van der Waals surface area contributed by atoms with Crippen LogP contribution < -0.4 is 21.1 Å². The third kappa shape index (κ3) is 5.53. The van der Waals surface area contributed by atoms with Gasteiger partial charge < -0.3 is 21.1 Å². The maximum Gasteiger partial charge on any atom is 0.316 e. The molecule has 0 unspecified atom stereocenters. The van der Waals surface area contributed by atoms with Crippen LogP contribution in [0.15, 0.2) is 42.5 Å². The first kappa shape index (κ1) is 18.3. The fourth-order valence-electron chi connectivity index (χ4n) is 2.40. The fraction of sp³-hybridized carbons (Fsp3) is 0.263. The molecule has 6 nitrogen and oxygen atoms in total. The molecule has 132 valence electrons. The van der Waals surface area contributed by atoms with Crippen LogP contribution in [0.25, 0.3) is 0 Å². The highest BCUT2D eigenvalue weighted by Gasteiger charge is 2.10. The number of amides is 3. The Hall–Kier alpha value is -3.02. The summed E-state index contributed by atoms with van der Waals surface area (Å²) in [6.45, 7) is 6.04. The summed E-state index contributed by atoms with van der Waals surface area (Å²) in [7, 11) is 0. The van der Waals surface area contributed by atoms with Crippen LogP contribution in [0.5, 0.6) is 5.75 Å². The molecule has 25 heavy (non-hydrogen) atoms. The van der Waals surface area contributed by atoms with E-state index in [-0.39, 0.29) is 12.5 Å². The monoisotopic (exact) mass is 341 g/mol. The van der Waals surface area contributed by atoms with Gasteiger partial charge in [0.25, 0.3) is 5.91 Å². The number of nitrogens with one attached hydrogen (secondary N) is 2. The van der Waals surface area contributed by atoms with Crippen LogP contribution in [0.4, 0.5) is 16.2 Å². The van der Waals surface area contributed by atoms with Gasteiger partial charge in [0.05, 0.1) is 0 Å². The standard InChI is InChI=1S/C19H23N3O3/c1-12(2)16-8-7-13(3)9-17(16)25-11-18(23)21-14-5-4-6-15(10-14)22-19(20)24/h4-10,12H,11H2,1-3H3,(H,21,23)(H3,20,22,24). The molecule has 0 spiro atoms. The number of carbonyl (C=O) groups excluding carboxylic acids is 2. The molecule has 0 fully saturated rings. The number of hydrogen-bond donors (Lipinski definition) is 3. The van der Waals surface area contributed by atoms with Gasteiger partial charge in [-0.2, -0.15) is 0 Å². The summed E-state index contributed by atoms with van der Waals surface area (Å²) in [6.07, 6.45) is 0. The minimum absolute atomic E-state index is 0.101. The van der Waals surface area contributed by atoms with Crippen LogP contribution >= 0.6 is 0 Å². The third-order valence-electron chi connectivity index (χ3n) is 3.56. The highest BCUT2D eigenvalue weighted by atomic mass is 16.5. The van der Waals surface area contributed by atoms with Gasteiger partial charge in [-0.05, 0) is 48.2 Å². The van der Waals surface area contributed by atoms with Crippen molar-refractivity contribution in [1.82, 2.24) is 0 Å². The van der Waals surface area contributed by atoms with Crippen LogP contribution in [-0.2, 0) is 4.79 Å². The largest absolute Gasteiger partial charge is 0.483 e. The number of primary amides is 1. The van der Waals surface area contributed by atoms with Crippen LogP contribution in [0.2, 0.25) is 0 Å². The van der Waals surface area contributed by atoms with E-state index in [2.05, 4.69) is 24.5 Å². The van der Waals surface area contributed by atoms with E-state index in [9.17, 15) is 9.59 Å². The molecule has 2 aromatic rings. The van der Waals surface area contributed by atoms with Gasteiger partial charge in [-0.3, -0.25) is 4.79 Å². The van der Waals surface area contributed by atoms with Crippen molar-refractivity contribution in [2.75, 3.05) is 17.2 Å². The highest BCUT2D eigenvalue weighted by Crippen LogP contribution is 2.27. The van der Waals surface area contributed by atoms with Crippen molar-refractivity contribution in [3.8, 4) is 5.75 Å². The van der Waals surface area contributed by atoms with Gasteiger partial charge in [-0.25, -0.2) is 4.79 Å². The lowest BCUT2D eigenvalue weighted by molar-refractivity contribution is -0.118. The molecule has 0 atom stereocenters. The number of ether oxygens (including phenoxy) is 1. The molecule has 2 rings (SSSR count). The predicted octanol–water partition coefficient (Wildman–Crippen LogP) is 3.63. The maximum absolute atomic E-state index is 12.1. The smallest absolute Gasteiger partial charge is 0.316 e. The Kier molecular flexibility index (Phi) is 6.00. The number of benzene rings is 2. The third-order valence-corrected chi connectivity index (χ3v) is 3.56. The van der Waals surface area contributed by atoms with E-state index in [1.54, 1.807) is 24.3 Å². The molecular formula is C19H23N3O3. The minimum Gasteiger partial charge on any atom is -0.483 e. The van der Waals surface area contributed by atoms with Crippen molar-refractivity contribution in [3.63, 3.8) is 0 Å². The van der Waals surface area contributed by atoms with E-state index in [0.717, 1.165) is 11.1 Å². The van der Waals surface area contributed by atoms with Crippen molar-refractivity contribution in [2.45, 2.75) is 26.7 Å². The predicted molar refractivity (Wildman–Crippen MR) is 99.0 cm³/mol. The topological polar surface area (TPSA) is 93.4 Å². The van der Waals surface area contributed by atoms with Crippen molar-refractivity contribution in [2.24, 2.45) is 5.73 Å². The van der Waals surface area contributed by atoms with Gasteiger partial charge in [-0.1, -0.05) is 32.0 Å². The molecule has 0 saturated carbocycles. The highest BCUT2D eigenvalue weighted by molar-refractivity contribution is 5.93. The van der Waals surface area contributed by atoms with E-state index < -0.39 is 6.03 Å². The maximum atomic E-state index is 12.1. The van der Waals surface area contributed by atoms with Crippen LogP contribution in [0.1, 0.15) is 30.9 Å². The average Bonchev–Trinajstić information content (AvgIpc) is 2.52. The van der Waals surface area contributed by atoms with E-state index >= 15 is 0 Å². The molecule has 3 amide bonds. The second-order valence-corrected chi connectivity index (χ2v) is 6.10. The second-order valence-electron chi connectivity index (χ2n) is 6.10. The summed E-state index contributed by atoms with van der Waals surface area (Å²) in [5, 5.41) is 5.19. The van der Waals surface area contributed by atoms with Crippen molar-refractivity contribution >= 4 is 23.3 Å². The normalized spacial score (nSPS) is 10.4. The molecule has 0 aliphatic carbocycles. The molecule has 6 heteroatoms. The number of urea groups is 1. The lowest BCUT2D eigenvalue weighted by Crippen LogP contribution is -2.21. The Morgan fingerprint density at radius 3 is 2.40 bits per heavy atom. The summed E-state index contributed by atoms with van der Waals surface area (Å²) in [5.74, 6) is 0.733. The number of carbonyl (C=O) groups is 2. The first-order valence-electron chi connectivity index (χ1n) is 8.05. The summed E-state index contributed by atoms with van der Waals surface area (Å²) in [4.78, 5) is 23.0. The Balaban J connectivity index is 2.00. The number of aryl methyl sites for hydroxylation is 1. The van der Waals surface area contributed by atoms with Gasteiger partial charge in [0.15, 0.2) is 6.61 Å². The van der Waals surface area contributed by atoms with Gasteiger partial charge in [-0.15, -0.1) is 0 Å². The Bertz CT molecular complexity index is 772. The molecular weight excluding hydrogens is 318 g/mol. The minimum atomic E-state index is -0.660. The summed E-state index contributed by atoms with van der Waals surface area (Å²) in [5.41, 5.74) is 8.27. The molecule has 0 radical (unpaired) electrons. The molecule has 0 bridgehead atoms. The molecule has 0 saturated heterocycles. The van der Waals surface area contributed by atoms with Crippen molar-refractivity contribution in [3.05, 3.63) is 53.6 Å². The number of hydrogen-bond acceptors (Lipinski definition) is 3. The van der Waals surface area contributed by atoms with Crippen LogP contribution in [-0.4, -0.2) is 18.5 Å². The van der Waals surface area contributed by atoms with Gasteiger partial charge in [0.1, 0.15) is 5.75 Å². The number of anilines is 2. The molecule has 0 aliphatic rings. The Morgan fingerprint density at radius 2 is 1.76 bits per heavy atom. The first-order valence-corrected chi connectivity index (χ1v) is 8.05. The SMILES string of the molecule is Cc1ccc(C(C)C)c(OCC(=O)Nc2cccc(NC(N)=O)c2)c1.